The van der Waals surface area contributed by atoms with Crippen molar-refractivity contribution in [2.75, 3.05) is 13.7 Å². The van der Waals surface area contributed by atoms with Gasteiger partial charge in [0.05, 0.1) is 12.3 Å². The number of H-pyrrole nitrogens is 1. The topological polar surface area (TPSA) is 67.0 Å². The zero-order valence-corrected chi connectivity index (χ0v) is 12.5. The molecule has 0 aliphatic heterocycles. The van der Waals surface area contributed by atoms with Gasteiger partial charge in [-0.1, -0.05) is 25.5 Å². The van der Waals surface area contributed by atoms with Gasteiger partial charge in [0.25, 0.3) is 5.56 Å². The van der Waals surface area contributed by atoms with Gasteiger partial charge < -0.3 is 10.1 Å². The van der Waals surface area contributed by atoms with Crippen molar-refractivity contribution in [3.05, 3.63) is 46.2 Å². The molecule has 112 valence electrons. The molecule has 0 fully saturated rings. The fourth-order valence-electron chi connectivity index (χ4n) is 1.99. The fourth-order valence-corrected chi connectivity index (χ4v) is 1.99. The summed E-state index contributed by atoms with van der Waals surface area (Å²) in [5.41, 5.74) is 2.17. The van der Waals surface area contributed by atoms with Crippen molar-refractivity contribution in [1.82, 2.24) is 15.5 Å². The standard InChI is InChI=1S/C16H21N3O2/c1-3-4-8-21-14-7-5-6-12(9-14)15-10-13(11-17-2)16(20)19-18-15/h5-7,9-10,17H,3-4,8,11H2,1-2H3,(H,19,20). The highest BCUT2D eigenvalue weighted by atomic mass is 16.5. The largest absolute Gasteiger partial charge is 0.494 e. The van der Waals surface area contributed by atoms with Gasteiger partial charge in [0.15, 0.2) is 0 Å². The van der Waals surface area contributed by atoms with Gasteiger partial charge in [0.1, 0.15) is 5.75 Å². The monoisotopic (exact) mass is 287 g/mol. The van der Waals surface area contributed by atoms with E-state index >= 15 is 0 Å². The average molecular weight is 287 g/mol. The normalized spacial score (nSPS) is 10.6. The van der Waals surface area contributed by atoms with Crippen LogP contribution in [0.3, 0.4) is 0 Å². The van der Waals surface area contributed by atoms with Crippen LogP contribution in [0.5, 0.6) is 5.75 Å². The van der Waals surface area contributed by atoms with E-state index in [0.29, 0.717) is 18.7 Å². The highest BCUT2D eigenvalue weighted by Crippen LogP contribution is 2.22. The van der Waals surface area contributed by atoms with Gasteiger partial charge in [-0.2, -0.15) is 5.10 Å². The van der Waals surface area contributed by atoms with Crippen LogP contribution in [0, 0.1) is 0 Å². The Bertz CT molecular complexity index is 637. The minimum Gasteiger partial charge on any atom is -0.494 e. The lowest BCUT2D eigenvalue weighted by molar-refractivity contribution is 0.309. The first-order chi connectivity index (χ1) is 10.2. The molecule has 0 saturated carbocycles. The number of ether oxygens (including phenoxy) is 1. The second-order valence-electron chi connectivity index (χ2n) is 4.87. The number of aromatic nitrogens is 2. The maximum atomic E-state index is 11.7. The fraction of sp³-hybridized carbons (Fsp3) is 0.375. The molecule has 0 spiro atoms. The molecule has 1 heterocycles. The van der Waals surface area contributed by atoms with Crippen molar-refractivity contribution in [1.29, 1.82) is 0 Å². The van der Waals surface area contributed by atoms with E-state index in [9.17, 15) is 4.79 Å². The summed E-state index contributed by atoms with van der Waals surface area (Å²) < 4.78 is 5.70. The third-order valence-corrected chi connectivity index (χ3v) is 3.14. The molecule has 2 N–H and O–H groups in total. The third kappa shape index (κ3) is 4.16. The first kappa shape index (κ1) is 15.3. The quantitative estimate of drug-likeness (QED) is 0.767. The van der Waals surface area contributed by atoms with E-state index in [1.165, 1.54) is 0 Å². The van der Waals surface area contributed by atoms with Crippen LogP contribution in [-0.4, -0.2) is 23.9 Å². The molecule has 1 aromatic heterocycles. The van der Waals surface area contributed by atoms with Gasteiger partial charge in [-0.15, -0.1) is 0 Å². The zero-order valence-electron chi connectivity index (χ0n) is 12.5. The Morgan fingerprint density at radius 3 is 2.95 bits per heavy atom. The molecule has 0 radical (unpaired) electrons. The molecule has 0 bridgehead atoms. The molecule has 0 amide bonds. The highest BCUT2D eigenvalue weighted by Gasteiger charge is 2.06. The van der Waals surface area contributed by atoms with Crippen molar-refractivity contribution in [2.24, 2.45) is 0 Å². The highest BCUT2D eigenvalue weighted by molar-refractivity contribution is 5.61. The number of unbranched alkanes of at least 4 members (excludes halogenated alkanes) is 1. The van der Waals surface area contributed by atoms with Gasteiger partial charge >= 0.3 is 0 Å². The van der Waals surface area contributed by atoms with Crippen LogP contribution in [0.2, 0.25) is 0 Å². The Hall–Kier alpha value is -2.14. The first-order valence-corrected chi connectivity index (χ1v) is 7.21. The Labute approximate surface area is 124 Å². The van der Waals surface area contributed by atoms with Crippen molar-refractivity contribution < 1.29 is 4.74 Å². The molecule has 0 saturated heterocycles. The number of hydrogen-bond acceptors (Lipinski definition) is 4. The van der Waals surface area contributed by atoms with E-state index in [-0.39, 0.29) is 5.56 Å². The van der Waals surface area contributed by atoms with E-state index in [0.717, 1.165) is 29.8 Å². The van der Waals surface area contributed by atoms with Gasteiger partial charge in [-0.05, 0) is 31.7 Å². The summed E-state index contributed by atoms with van der Waals surface area (Å²) in [5, 5.41) is 9.62. The van der Waals surface area contributed by atoms with Crippen molar-refractivity contribution in [2.45, 2.75) is 26.3 Å². The molecule has 5 nitrogen and oxygen atoms in total. The minimum atomic E-state index is -0.163. The summed E-state index contributed by atoms with van der Waals surface area (Å²) in [6.07, 6.45) is 2.14. The van der Waals surface area contributed by atoms with E-state index in [1.54, 1.807) is 6.07 Å². The lowest BCUT2D eigenvalue weighted by Gasteiger charge is -2.08. The Morgan fingerprint density at radius 1 is 1.33 bits per heavy atom. The summed E-state index contributed by atoms with van der Waals surface area (Å²) in [5.74, 6) is 0.823. The average Bonchev–Trinajstić information content (AvgIpc) is 2.50. The number of benzene rings is 1. The molecule has 21 heavy (non-hydrogen) atoms. The molecule has 0 atom stereocenters. The predicted molar refractivity (Wildman–Crippen MR) is 83.5 cm³/mol. The second kappa shape index (κ2) is 7.59. The van der Waals surface area contributed by atoms with Crippen LogP contribution >= 0.6 is 0 Å². The Balaban J connectivity index is 2.23. The van der Waals surface area contributed by atoms with Crippen LogP contribution in [0.4, 0.5) is 0 Å². The molecule has 5 heteroatoms. The number of nitrogens with one attached hydrogen (secondary N) is 2. The molecule has 1 aromatic carbocycles. The minimum absolute atomic E-state index is 0.163. The molecular weight excluding hydrogens is 266 g/mol. The summed E-state index contributed by atoms with van der Waals surface area (Å²) in [6.45, 7) is 3.36. The number of rotatable bonds is 7. The van der Waals surface area contributed by atoms with E-state index in [1.807, 2.05) is 31.3 Å². The van der Waals surface area contributed by atoms with Gasteiger partial charge in [-0.25, -0.2) is 5.10 Å². The molecule has 2 rings (SSSR count). The van der Waals surface area contributed by atoms with Crippen LogP contribution < -0.4 is 15.6 Å². The second-order valence-corrected chi connectivity index (χ2v) is 4.87. The van der Waals surface area contributed by atoms with Gasteiger partial charge in [-0.3, -0.25) is 4.79 Å². The van der Waals surface area contributed by atoms with E-state index in [4.69, 9.17) is 4.74 Å². The summed E-state index contributed by atoms with van der Waals surface area (Å²) in [7, 11) is 1.81. The van der Waals surface area contributed by atoms with Gasteiger partial charge in [0.2, 0.25) is 0 Å². The molecule has 0 unspecified atom stereocenters. The zero-order chi connectivity index (χ0) is 15.1. The smallest absolute Gasteiger partial charge is 0.268 e. The first-order valence-electron chi connectivity index (χ1n) is 7.21. The molecule has 0 aliphatic carbocycles. The Morgan fingerprint density at radius 2 is 2.19 bits per heavy atom. The van der Waals surface area contributed by atoms with E-state index < -0.39 is 0 Å². The SMILES string of the molecule is CCCCOc1cccc(-c2cc(CNC)c(=O)[nH]n2)c1. The lowest BCUT2D eigenvalue weighted by Crippen LogP contribution is -2.19. The maximum absolute atomic E-state index is 11.7. The molecule has 0 aliphatic rings. The molecular formula is C16H21N3O2. The lowest BCUT2D eigenvalue weighted by atomic mass is 10.1. The summed E-state index contributed by atoms with van der Waals surface area (Å²) >= 11 is 0. The number of nitrogens with zero attached hydrogens (tertiary/aromatic N) is 1. The van der Waals surface area contributed by atoms with Crippen LogP contribution in [0.1, 0.15) is 25.3 Å². The van der Waals surface area contributed by atoms with Crippen LogP contribution in [-0.2, 0) is 6.54 Å². The predicted octanol–water partition coefficient (Wildman–Crippen LogP) is 2.34. The van der Waals surface area contributed by atoms with Gasteiger partial charge in [0, 0.05) is 17.7 Å². The van der Waals surface area contributed by atoms with Crippen LogP contribution in [0.15, 0.2) is 35.1 Å². The molecule has 2 aromatic rings. The van der Waals surface area contributed by atoms with Crippen molar-refractivity contribution in [3.63, 3.8) is 0 Å². The van der Waals surface area contributed by atoms with Crippen LogP contribution in [0.25, 0.3) is 11.3 Å². The van der Waals surface area contributed by atoms with E-state index in [2.05, 4.69) is 22.4 Å². The maximum Gasteiger partial charge on any atom is 0.268 e. The van der Waals surface area contributed by atoms with Crippen molar-refractivity contribution >= 4 is 0 Å². The van der Waals surface area contributed by atoms with Crippen molar-refractivity contribution in [3.8, 4) is 17.0 Å². The third-order valence-electron chi connectivity index (χ3n) is 3.14. The number of aromatic amines is 1. The summed E-state index contributed by atoms with van der Waals surface area (Å²) in [4.78, 5) is 11.7. The number of hydrogen-bond donors (Lipinski definition) is 2. The summed E-state index contributed by atoms with van der Waals surface area (Å²) in [6, 6.07) is 9.57. The Kier molecular flexibility index (Phi) is 5.51.